The van der Waals surface area contributed by atoms with Gasteiger partial charge in [0.15, 0.2) is 0 Å². The van der Waals surface area contributed by atoms with Crippen molar-refractivity contribution < 1.29 is 23.9 Å². The topological polar surface area (TPSA) is 77.8 Å². The van der Waals surface area contributed by atoms with Crippen molar-refractivity contribution in [1.82, 2.24) is 0 Å². The lowest BCUT2D eigenvalue weighted by atomic mass is 9.88. The van der Waals surface area contributed by atoms with E-state index in [1.807, 2.05) is 33.3 Å². The van der Waals surface area contributed by atoms with Crippen molar-refractivity contribution in [2.24, 2.45) is 5.92 Å². The van der Waals surface area contributed by atoms with Crippen LogP contribution in [0.3, 0.4) is 0 Å². The smallest absolute Gasteiger partial charge is 0.363 e. The third-order valence-corrected chi connectivity index (χ3v) is 7.98. The average molecular weight is 489 g/mol. The molecule has 0 fully saturated rings. The molecule has 0 heterocycles. The van der Waals surface area contributed by atoms with Crippen LogP contribution in [-0.2, 0) is 4.57 Å². The minimum absolute atomic E-state index is 0.0681. The maximum absolute atomic E-state index is 12.4. The highest BCUT2D eigenvalue weighted by Gasteiger charge is 2.54. The van der Waals surface area contributed by atoms with Crippen LogP contribution in [0.2, 0.25) is 0 Å². The Hall–Kier alpha value is -0.450. The van der Waals surface area contributed by atoms with Crippen LogP contribution in [0.1, 0.15) is 110 Å². The second kappa shape index (κ2) is 17.9. The molecule has 0 aliphatic rings. The van der Waals surface area contributed by atoms with Gasteiger partial charge in [0, 0.05) is 5.92 Å². The highest BCUT2D eigenvalue weighted by Crippen LogP contribution is 2.55. The van der Waals surface area contributed by atoms with E-state index in [9.17, 15) is 19.5 Å². The van der Waals surface area contributed by atoms with Gasteiger partial charge in [0.1, 0.15) is 6.54 Å². The molecule has 2 atom stereocenters. The summed E-state index contributed by atoms with van der Waals surface area (Å²) >= 11 is 0. The molecule has 0 spiro atoms. The largest absolute Gasteiger partial charge is 0.373 e. The quantitative estimate of drug-likeness (QED) is 0.0653. The fourth-order valence-electron chi connectivity index (χ4n) is 4.66. The monoisotopic (exact) mass is 488 g/mol. The Labute approximate surface area is 205 Å². The van der Waals surface area contributed by atoms with Crippen LogP contribution in [0.4, 0.5) is 0 Å². The van der Waals surface area contributed by atoms with Gasteiger partial charge in [-0.15, -0.1) is 0 Å². The number of hydrogen-bond donors (Lipinski definition) is 3. The average Bonchev–Trinajstić information content (AvgIpc) is 2.70. The van der Waals surface area contributed by atoms with Crippen molar-refractivity contribution in [3.05, 3.63) is 24.8 Å². The highest BCUT2D eigenvalue weighted by molar-refractivity contribution is 7.53. The van der Waals surface area contributed by atoms with Crippen molar-refractivity contribution in [3.63, 3.8) is 0 Å². The van der Waals surface area contributed by atoms with Crippen molar-refractivity contribution in [2.45, 2.75) is 115 Å². The molecule has 0 aliphatic carbocycles. The molecular weight excluding hydrogens is 433 g/mol. The molecule has 0 aromatic carbocycles. The Morgan fingerprint density at radius 1 is 0.848 bits per heavy atom. The molecule has 0 rings (SSSR count). The number of hydrogen-bond acceptors (Lipinski definition) is 2. The third-order valence-electron chi connectivity index (χ3n) is 6.47. The summed E-state index contributed by atoms with van der Waals surface area (Å²) < 4.78 is 12.7. The van der Waals surface area contributed by atoms with Crippen LogP contribution in [-0.4, -0.2) is 52.4 Å². The summed E-state index contributed by atoms with van der Waals surface area (Å²) in [4.78, 5) is 20.2. The molecule has 3 N–H and O–H groups in total. The van der Waals surface area contributed by atoms with Crippen molar-refractivity contribution in [2.75, 3.05) is 27.7 Å². The van der Waals surface area contributed by atoms with E-state index in [1.54, 1.807) is 0 Å². The molecule has 0 bridgehead atoms. The van der Waals surface area contributed by atoms with Gasteiger partial charge >= 0.3 is 7.60 Å². The normalized spacial score (nSPS) is 15.6. The first-order valence-corrected chi connectivity index (χ1v) is 14.9. The predicted octanol–water partition coefficient (Wildman–Crippen LogP) is 7.18. The molecule has 0 amide bonds. The number of likely N-dealkylation sites (N-methyl/N-ethyl adjacent to an activating group) is 1. The first-order chi connectivity index (χ1) is 15.5. The Kier molecular flexibility index (Phi) is 17.7. The van der Waals surface area contributed by atoms with Crippen molar-refractivity contribution in [1.29, 1.82) is 0 Å². The molecule has 0 radical (unpaired) electrons. The lowest BCUT2D eigenvalue weighted by Gasteiger charge is -2.40. The highest BCUT2D eigenvalue weighted by atomic mass is 31.2. The van der Waals surface area contributed by atoms with E-state index in [4.69, 9.17) is 0 Å². The second-order valence-corrected chi connectivity index (χ2v) is 12.7. The number of nitrogens with zero attached hydrogens (tertiary/aromatic N) is 1. The molecule has 0 saturated heterocycles. The van der Waals surface area contributed by atoms with Crippen LogP contribution < -0.4 is 0 Å². The summed E-state index contributed by atoms with van der Waals surface area (Å²) in [7, 11) is 0.991. The summed E-state index contributed by atoms with van der Waals surface area (Å²) in [6.45, 7) is 5.87. The zero-order valence-corrected chi connectivity index (χ0v) is 23.1. The van der Waals surface area contributed by atoms with E-state index < -0.39 is 12.9 Å². The van der Waals surface area contributed by atoms with Crippen LogP contribution in [0, 0.1) is 5.92 Å². The fraction of sp³-hybridized carbons (Fsp3) is 0.852. The van der Waals surface area contributed by atoms with Crippen LogP contribution in [0.25, 0.3) is 0 Å². The van der Waals surface area contributed by atoms with Gasteiger partial charge < -0.3 is 19.4 Å². The molecule has 33 heavy (non-hydrogen) atoms. The molecule has 0 aliphatic heterocycles. The minimum Gasteiger partial charge on any atom is -0.373 e. The molecular formula is C27H55NO4P+. The number of aliphatic hydroxyl groups is 1. The van der Waals surface area contributed by atoms with Gasteiger partial charge in [-0.05, 0) is 25.7 Å². The van der Waals surface area contributed by atoms with E-state index in [0.717, 1.165) is 44.9 Å². The molecule has 0 aromatic heterocycles. The lowest BCUT2D eigenvalue weighted by Crippen LogP contribution is -2.53. The first kappa shape index (κ1) is 32.5. The van der Waals surface area contributed by atoms with E-state index in [-0.39, 0.29) is 12.5 Å². The molecule has 2 unspecified atom stereocenters. The molecule has 5 nitrogen and oxygen atoms in total. The first-order valence-electron chi connectivity index (χ1n) is 13.3. The summed E-state index contributed by atoms with van der Waals surface area (Å²) in [6, 6.07) is 0. The van der Waals surface area contributed by atoms with E-state index in [0.29, 0.717) is 17.3 Å². The third kappa shape index (κ3) is 16.0. The van der Waals surface area contributed by atoms with E-state index in [1.165, 1.54) is 44.9 Å². The molecule has 0 aromatic rings. The van der Waals surface area contributed by atoms with Gasteiger partial charge in [-0.2, -0.15) is 0 Å². The maximum atomic E-state index is 12.4. The van der Waals surface area contributed by atoms with Crippen LogP contribution >= 0.6 is 7.60 Å². The van der Waals surface area contributed by atoms with Gasteiger partial charge in [0.25, 0.3) is 0 Å². The number of allylic oxidation sites excluding steroid dienone is 3. The zero-order chi connectivity index (χ0) is 25.2. The Bertz CT molecular complexity index is 567. The van der Waals surface area contributed by atoms with Crippen molar-refractivity contribution in [3.8, 4) is 0 Å². The standard InChI is InChI=1S/C27H54NO4P/c1-6-8-10-11-12-13-14-15-16-17-18-19-20-22-24-26(23-21-9-7-2)27(29,33(30,31)32)25-28(3,4)5/h6,8,10,26,29H,1,7,9,11-25H2,2-5H3,(H-,30,31,32)/p+1/b10-8+. The lowest BCUT2D eigenvalue weighted by molar-refractivity contribution is -0.875. The number of rotatable bonds is 22. The Balaban J connectivity index is 4.36. The van der Waals surface area contributed by atoms with Gasteiger partial charge in [-0.1, -0.05) is 109 Å². The molecule has 196 valence electrons. The number of unbranched alkanes of at least 4 members (excludes halogenated alkanes) is 12. The number of quaternary nitrogens is 1. The summed E-state index contributed by atoms with van der Waals surface area (Å²) in [6.07, 6.45) is 23.7. The maximum Gasteiger partial charge on any atom is 0.363 e. The minimum atomic E-state index is -4.65. The molecule has 6 heteroatoms. The second-order valence-electron chi connectivity index (χ2n) is 10.8. The summed E-state index contributed by atoms with van der Waals surface area (Å²) in [5.41, 5.74) is 0. The van der Waals surface area contributed by atoms with Gasteiger partial charge in [0.05, 0.1) is 21.1 Å². The predicted molar refractivity (Wildman–Crippen MR) is 142 cm³/mol. The van der Waals surface area contributed by atoms with Crippen LogP contribution in [0.5, 0.6) is 0 Å². The summed E-state index contributed by atoms with van der Waals surface area (Å²) in [5.74, 6) is -0.358. The van der Waals surface area contributed by atoms with Crippen molar-refractivity contribution >= 4 is 7.60 Å². The Morgan fingerprint density at radius 2 is 1.30 bits per heavy atom. The Morgan fingerprint density at radius 3 is 1.73 bits per heavy atom. The zero-order valence-electron chi connectivity index (χ0n) is 22.2. The van der Waals surface area contributed by atoms with Crippen LogP contribution in [0.15, 0.2) is 24.8 Å². The van der Waals surface area contributed by atoms with E-state index >= 15 is 0 Å². The molecule has 0 saturated carbocycles. The SMILES string of the molecule is C=C/C=C/CCCCCCCCCCCCC(CCCCC)C(O)(C[N+](C)(C)C)P(=O)(O)O. The van der Waals surface area contributed by atoms with Gasteiger partial charge in [0.2, 0.25) is 5.34 Å². The van der Waals surface area contributed by atoms with Gasteiger partial charge in [-0.25, -0.2) is 0 Å². The fourth-order valence-corrected chi connectivity index (χ4v) is 6.01. The van der Waals surface area contributed by atoms with E-state index in [2.05, 4.69) is 19.6 Å². The van der Waals surface area contributed by atoms with Gasteiger partial charge in [-0.3, -0.25) is 4.57 Å². The summed E-state index contributed by atoms with van der Waals surface area (Å²) in [5, 5.41) is 9.32.